The smallest absolute Gasteiger partial charge is 0.343 e. The Balaban J connectivity index is 1.63. The number of furan rings is 1. The van der Waals surface area contributed by atoms with Crippen molar-refractivity contribution >= 4 is 33.7 Å². The zero-order chi connectivity index (χ0) is 17.2. The van der Waals surface area contributed by atoms with E-state index in [0.29, 0.717) is 17.1 Å². The Bertz CT molecular complexity index is 997. The predicted molar refractivity (Wildman–Crippen MR) is 100 cm³/mol. The highest BCUT2D eigenvalue weighted by atomic mass is 79.9. The number of carbonyl (C=O) groups is 1. The third kappa shape index (κ3) is 3.35. The third-order valence-corrected chi connectivity index (χ3v) is 4.31. The number of carbonyl (C=O) groups excluding carboxylic acids is 1. The van der Waals surface area contributed by atoms with Gasteiger partial charge in [-0.1, -0.05) is 58.4 Å². The molecular formula is C21H13BrO3. The van der Waals surface area contributed by atoms with E-state index in [1.807, 2.05) is 66.7 Å². The summed E-state index contributed by atoms with van der Waals surface area (Å²) < 4.78 is 12.2. The first-order valence-corrected chi connectivity index (χ1v) is 8.55. The van der Waals surface area contributed by atoms with Crippen LogP contribution in [0.15, 0.2) is 87.3 Å². The van der Waals surface area contributed by atoms with Crippen molar-refractivity contribution in [1.29, 1.82) is 0 Å². The molecule has 3 aromatic rings. The van der Waals surface area contributed by atoms with Gasteiger partial charge in [-0.15, -0.1) is 0 Å². The number of halogens is 1. The number of benzene rings is 2. The van der Waals surface area contributed by atoms with E-state index in [9.17, 15) is 4.79 Å². The summed E-state index contributed by atoms with van der Waals surface area (Å²) >= 11 is 3.45. The number of ether oxygens (including phenoxy) is 1. The highest BCUT2D eigenvalue weighted by Gasteiger charge is 2.22. The molecule has 25 heavy (non-hydrogen) atoms. The number of cyclic esters (lactones) is 1. The summed E-state index contributed by atoms with van der Waals surface area (Å²) in [5.41, 5.74) is 2.30. The molecule has 0 saturated carbocycles. The molecule has 0 bridgehead atoms. The van der Waals surface area contributed by atoms with Gasteiger partial charge in [-0.3, -0.25) is 0 Å². The minimum Gasteiger partial charge on any atom is -0.457 e. The number of esters is 1. The summed E-state index contributed by atoms with van der Waals surface area (Å²) in [4.78, 5) is 12.1. The fourth-order valence-electron chi connectivity index (χ4n) is 2.61. The van der Waals surface area contributed by atoms with Crippen LogP contribution < -0.4 is 0 Å². The quantitative estimate of drug-likeness (QED) is 0.424. The third-order valence-electron chi connectivity index (χ3n) is 3.82. The molecule has 4 rings (SSSR count). The van der Waals surface area contributed by atoms with Crippen LogP contribution in [-0.2, 0) is 9.53 Å². The van der Waals surface area contributed by atoms with Crippen molar-refractivity contribution < 1.29 is 13.9 Å². The molecule has 122 valence electrons. The van der Waals surface area contributed by atoms with Gasteiger partial charge in [0.25, 0.3) is 0 Å². The van der Waals surface area contributed by atoms with E-state index in [0.717, 1.165) is 21.4 Å². The lowest BCUT2D eigenvalue weighted by molar-refractivity contribution is -0.130. The number of hydrogen-bond donors (Lipinski definition) is 0. The zero-order valence-electron chi connectivity index (χ0n) is 13.1. The second-order valence-electron chi connectivity index (χ2n) is 5.58. The monoisotopic (exact) mass is 392 g/mol. The topological polar surface area (TPSA) is 39.4 Å². The SMILES string of the molecule is O=C1OC(c2ccccc2)=C/C1=C\c1ccc(-c2cccc(Br)c2)o1. The molecule has 1 aliphatic rings. The van der Waals surface area contributed by atoms with Crippen LogP contribution in [0, 0.1) is 0 Å². The van der Waals surface area contributed by atoms with Gasteiger partial charge in [-0.25, -0.2) is 4.79 Å². The highest BCUT2D eigenvalue weighted by Crippen LogP contribution is 2.29. The van der Waals surface area contributed by atoms with Crippen LogP contribution in [-0.4, -0.2) is 5.97 Å². The zero-order valence-corrected chi connectivity index (χ0v) is 14.7. The van der Waals surface area contributed by atoms with Gasteiger partial charge in [0.15, 0.2) is 0 Å². The molecule has 1 aromatic heterocycles. The van der Waals surface area contributed by atoms with Crippen molar-refractivity contribution in [3.05, 3.63) is 94.2 Å². The maximum Gasteiger partial charge on any atom is 0.343 e. The van der Waals surface area contributed by atoms with E-state index in [4.69, 9.17) is 9.15 Å². The van der Waals surface area contributed by atoms with E-state index in [1.54, 1.807) is 12.2 Å². The van der Waals surface area contributed by atoms with Gasteiger partial charge in [0.05, 0.1) is 5.57 Å². The molecule has 0 N–H and O–H groups in total. The van der Waals surface area contributed by atoms with E-state index < -0.39 is 0 Å². The summed E-state index contributed by atoms with van der Waals surface area (Å²) in [6, 6.07) is 21.1. The van der Waals surface area contributed by atoms with Crippen molar-refractivity contribution in [2.24, 2.45) is 0 Å². The second-order valence-corrected chi connectivity index (χ2v) is 6.49. The van der Waals surface area contributed by atoms with E-state index in [2.05, 4.69) is 15.9 Å². The largest absolute Gasteiger partial charge is 0.457 e. The molecule has 3 nitrogen and oxygen atoms in total. The molecule has 1 aliphatic heterocycles. The molecule has 0 unspecified atom stereocenters. The van der Waals surface area contributed by atoms with E-state index in [1.165, 1.54) is 0 Å². The fourth-order valence-corrected chi connectivity index (χ4v) is 3.01. The van der Waals surface area contributed by atoms with Gasteiger partial charge in [-0.05, 0) is 36.4 Å². The fraction of sp³-hybridized carbons (Fsp3) is 0. The standard InChI is InChI=1S/C21H13BrO3/c22-17-8-4-7-15(11-17)19-10-9-18(24-19)12-16-13-20(25-21(16)23)14-5-2-1-3-6-14/h1-13H/b16-12+. The lowest BCUT2D eigenvalue weighted by atomic mass is 10.1. The van der Waals surface area contributed by atoms with Gasteiger partial charge < -0.3 is 9.15 Å². The Hall–Kier alpha value is -2.85. The van der Waals surface area contributed by atoms with Crippen LogP contribution in [0.25, 0.3) is 23.2 Å². The van der Waals surface area contributed by atoms with Crippen molar-refractivity contribution in [2.75, 3.05) is 0 Å². The average molecular weight is 393 g/mol. The maximum absolute atomic E-state index is 12.1. The van der Waals surface area contributed by atoms with Crippen LogP contribution in [0.1, 0.15) is 11.3 Å². The van der Waals surface area contributed by atoms with Crippen LogP contribution >= 0.6 is 15.9 Å². The Morgan fingerprint density at radius 1 is 0.880 bits per heavy atom. The predicted octanol–water partition coefficient (Wildman–Crippen LogP) is 5.69. The lowest BCUT2D eigenvalue weighted by Gasteiger charge is -1.99. The van der Waals surface area contributed by atoms with Gasteiger partial charge in [0, 0.05) is 15.6 Å². The number of rotatable bonds is 3. The Morgan fingerprint density at radius 3 is 2.48 bits per heavy atom. The molecule has 0 fully saturated rings. The van der Waals surface area contributed by atoms with Gasteiger partial charge in [0.1, 0.15) is 17.3 Å². The van der Waals surface area contributed by atoms with Crippen molar-refractivity contribution in [2.45, 2.75) is 0 Å². The van der Waals surface area contributed by atoms with Crippen LogP contribution in [0.2, 0.25) is 0 Å². The Labute approximate surface area is 153 Å². The molecular weight excluding hydrogens is 380 g/mol. The second kappa shape index (κ2) is 6.57. The maximum atomic E-state index is 12.1. The first-order chi connectivity index (χ1) is 12.2. The average Bonchev–Trinajstić information content (AvgIpc) is 3.24. The van der Waals surface area contributed by atoms with Crippen molar-refractivity contribution in [1.82, 2.24) is 0 Å². The first-order valence-electron chi connectivity index (χ1n) is 7.76. The highest BCUT2D eigenvalue weighted by molar-refractivity contribution is 9.10. The molecule has 2 heterocycles. The minimum atomic E-state index is -0.376. The summed E-state index contributed by atoms with van der Waals surface area (Å²) in [5.74, 6) is 1.52. The Morgan fingerprint density at radius 2 is 1.68 bits per heavy atom. The molecule has 0 aliphatic carbocycles. The molecule has 0 spiro atoms. The molecule has 0 amide bonds. The van der Waals surface area contributed by atoms with E-state index in [-0.39, 0.29) is 5.97 Å². The van der Waals surface area contributed by atoms with Crippen LogP contribution in [0.4, 0.5) is 0 Å². The van der Waals surface area contributed by atoms with Gasteiger partial charge in [-0.2, -0.15) is 0 Å². The van der Waals surface area contributed by atoms with E-state index >= 15 is 0 Å². The summed E-state index contributed by atoms with van der Waals surface area (Å²) in [6.45, 7) is 0. The molecule has 4 heteroatoms. The number of hydrogen-bond acceptors (Lipinski definition) is 3. The summed E-state index contributed by atoms with van der Waals surface area (Å²) in [5, 5.41) is 0. The van der Waals surface area contributed by atoms with Crippen molar-refractivity contribution in [3.63, 3.8) is 0 Å². The summed E-state index contributed by atoms with van der Waals surface area (Å²) in [6.07, 6.45) is 3.43. The molecule has 0 saturated heterocycles. The minimum absolute atomic E-state index is 0.376. The van der Waals surface area contributed by atoms with Crippen LogP contribution in [0.3, 0.4) is 0 Å². The van der Waals surface area contributed by atoms with Crippen LogP contribution in [0.5, 0.6) is 0 Å². The first kappa shape index (κ1) is 15.7. The molecule has 0 radical (unpaired) electrons. The normalized spacial score (nSPS) is 15.3. The van der Waals surface area contributed by atoms with Crippen molar-refractivity contribution in [3.8, 4) is 11.3 Å². The Kier molecular flexibility index (Phi) is 4.12. The van der Waals surface area contributed by atoms with Gasteiger partial charge in [0.2, 0.25) is 0 Å². The van der Waals surface area contributed by atoms with Gasteiger partial charge >= 0.3 is 5.97 Å². The molecule has 2 aromatic carbocycles. The summed E-state index contributed by atoms with van der Waals surface area (Å²) in [7, 11) is 0. The lowest BCUT2D eigenvalue weighted by Crippen LogP contribution is -1.96. The molecule has 0 atom stereocenters.